The highest BCUT2D eigenvalue weighted by Crippen LogP contribution is 2.19. The van der Waals surface area contributed by atoms with E-state index in [1.807, 2.05) is 24.7 Å². The summed E-state index contributed by atoms with van der Waals surface area (Å²) in [6, 6.07) is 4.01. The Bertz CT molecular complexity index is 556. The second kappa shape index (κ2) is 5.57. The smallest absolute Gasteiger partial charge is 0.101 e. The van der Waals surface area contributed by atoms with E-state index in [-0.39, 0.29) is 0 Å². The molecule has 0 saturated heterocycles. The van der Waals surface area contributed by atoms with E-state index < -0.39 is 6.10 Å². The zero-order valence-electron chi connectivity index (χ0n) is 12.1. The van der Waals surface area contributed by atoms with E-state index in [2.05, 4.69) is 30.1 Å². The van der Waals surface area contributed by atoms with Crippen LogP contribution in [0.4, 0.5) is 0 Å². The van der Waals surface area contributed by atoms with E-state index in [4.69, 9.17) is 0 Å². The number of aliphatic hydroxyl groups excluding tert-OH is 1. The molecule has 0 aliphatic carbocycles. The van der Waals surface area contributed by atoms with Gasteiger partial charge >= 0.3 is 0 Å². The van der Waals surface area contributed by atoms with Crippen molar-refractivity contribution in [1.82, 2.24) is 19.6 Å². The van der Waals surface area contributed by atoms with Gasteiger partial charge in [0.15, 0.2) is 0 Å². The number of aryl methyl sites for hydroxylation is 4. The van der Waals surface area contributed by atoms with Gasteiger partial charge in [0.1, 0.15) is 6.10 Å². The first kappa shape index (κ1) is 13.8. The molecule has 0 radical (unpaired) electrons. The van der Waals surface area contributed by atoms with Crippen LogP contribution >= 0.6 is 0 Å². The fraction of sp³-hybridized carbons (Fsp3) is 0.571. The second-order valence-electron chi connectivity index (χ2n) is 4.85. The third kappa shape index (κ3) is 2.87. The highest BCUT2D eigenvalue weighted by atomic mass is 16.3. The Morgan fingerprint density at radius 3 is 2.53 bits per heavy atom. The number of aliphatic hydroxyl groups is 1. The summed E-state index contributed by atoms with van der Waals surface area (Å²) in [5.74, 6) is 0. The molecule has 19 heavy (non-hydrogen) atoms. The van der Waals surface area contributed by atoms with Crippen LogP contribution in [0.15, 0.2) is 12.1 Å². The van der Waals surface area contributed by atoms with Gasteiger partial charge in [0.2, 0.25) is 0 Å². The molecule has 2 heterocycles. The summed E-state index contributed by atoms with van der Waals surface area (Å²) < 4.78 is 3.71. The van der Waals surface area contributed by atoms with Gasteiger partial charge in [-0.05, 0) is 32.4 Å². The number of nitrogens with zero attached hydrogens (tertiary/aromatic N) is 4. The first-order chi connectivity index (χ1) is 9.05. The number of rotatable bonds is 5. The highest BCUT2D eigenvalue weighted by molar-refractivity contribution is 5.17. The minimum Gasteiger partial charge on any atom is -0.386 e. The van der Waals surface area contributed by atoms with Crippen LogP contribution in [0.3, 0.4) is 0 Å². The largest absolute Gasteiger partial charge is 0.386 e. The van der Waals surface area contributed by atoms with Crippen molar-refractivity contribution in [2.75, 3.05) is 0 Å². The molecule has 0 fully saturated rings. The third-order valence-electron chi connectivity index (χ3n) is 3.36. The maximum Gasteiger partial charge on any atom is 0.101 e. The summed E-state index contributed by atoms with van der Waals surface area (Å²) in [7, 11) is 1.86. The first-order valence-electron chi connectivity index (χ1n) is 6.79. The molecule has 2 aromatic heterocycles. The van der Waals surface area contributed by atoms with Crippen LogP contribution in [0.25, 0.3) is 0 Å². The quantitative estimate of drug-likeness (QED) is 0.893. The Kier molecular flexibility index (Phi) is 4.04. The number of aromatic nitrogens is 4. The lowest BCUT2D eigenvalue weighted by Crippen LogP contribution is -2.11. The molecule has 1 atom stereocenters. The topological polar surface area (TPSA) is 55.9 Å². The molecule has 2 rings (SSSR count). The van der Waals surface area contributed by atoms with Gasteiger partial charge in [-0.1, -0.05) is 6.92 Å². The first-order valence-corrected chi connectivity index (χ1v) is 6.79. The lowest BCUT2D eigenvalue weighted by Gasteiger charge is -2.11. The van der Waals surface area contributed by atoms with E-state index in [1.165, 1.54) is 0 Å². The van der Waals surface area contributed by atoms with Crippen molar-refractivity contribution in [2.24, 2.45) is 7.05 Å². The Labute approximate surface area is 113 Å². The molecule has 0 aromatic carbocycles. The normalized spacial score (nSPS) is 12.9. The van der Waals surface area contributed by atoms with Gasteiger partial charge < -0.3 is 5.11 Å². The summed E-state index contributed by atoms with van der Waals surface area (Å²) in [6.45, 7) is 6.91. The predicted molar refractivity (Wildman–Crippen MR) is 73.9 cm³/mol. The summed E-state index contributed by atoms with van der Waals surface area (Å²) in [6.07, 6.45) is 0.943. The van der Waals surface area contributed by atoms with Gasteiger partial charge in [-0.2, -0.15) is 10.2 Å². The Balaban J connectivity index is 2.20. The van der Waals surface area contributed by atoms with Gasteiger partial charge in [-0.15, -0.1) is 0 Å². The van der Waals surface area contributed by atoms with Crippen LogP contribution < -0.4 is 0 Å². The zero-order chi connectivity index (χ0) is 14.0. The van der Waals surface area contributed by atoms with Crippen LogP contribution in [-0.2, 0) is 26.4 Å². The van der Waals surface area contributed by atoms with Crippen LogP contribution in [0, 0.1) is 6.92 Å². The molecule has 0 amide bonds. The average molecular weight is 262 g/mol. The molecule has 0 aliphatic rings. The maximum absolute atomic E-state index is 10.4. The standard InChI is InChI=1S/C14H22N4O/c1-5-11-8-12(18(6-2)16-11)9-14(19)13-7-10(3)15-17(13)4/h7-8,14,19H,5-6,9H2,1-4H3. The minimum atomic E-state index is -0.544. The van der Waals surface area contributed by atoms with Crippen LogP contribution in [-0.4, -0.2) is 24.7 Å². The van der Waals surface area contributed by atoms with Gasteiger partial charge in [0, 0.05) is 25.7 Å². The van der Waals surface area contributed by atoms with Gasteiger partial charge in [0.05, 0.1) is 17.1 Å². The van der Waals surface area contributed by atoms with E-state index in [0.717, 1.165) is 35.7 Å². The molecule has 104 valence electrons. The van der Waals surface area contributed by atoms with Crippen molar-refractivity contribution < 1.29 is 5.11 Å². The van der Waals surface area contributed by atoms with E-state index in [0.29, 0.717) is 6.42 Å². The highest BCUT2D eigenvalue weighted by Gasteiger charge is 2.16. The predicted octanol–water partition coefficient (Wildman–Crippen LogP) is 1.78. The average Bonchev–Trinajstić information content (AvgIpc) is 2.92. The Morgan fingerprint density at radius 1 is 1.26 bits per heavy atom. The van der Waals surface area contributed by atoms with E-state index in [1.54, 1.807) is 4.68 Å². The van der Waals surface area contributed by atoms with Crippen molar-refractivity contribution in [2.45, 2.75) is 46.3 Å². The summed E-state index contributed by atoms with van der Waals surface area (Å²) in [5, 5.41) is 19.1. The minimum absolute atomic E-state index is 0.544. The molecule has 1 unspecified atom stereocenters. The SMILES string of the molecule is CCc1cc(CC(O)c2cc(C)nn2C)n(CC)n1. The number of hydrogen-bond donors (Lipinski definition) is 1. The van der Waals surface area contributed by atoms with Crippen molar-refractivity contribution in [3.8, 4) is 0 Å². The fourth-order valence-corrected chi connectivity index (χ4v) is 2.37. The lowest BCUT2D eigenvalue weighted by atomic mass is 10.1. The summed E-state index contributed by atoms with van der Waals surface area (Å²) in [4.78, 5) is 0. The molecule has 5 heteroatoms. The van der Waals surface area contributed by atoms with E-state index in [9.17, 15) is 5.11 Å². The zero-order valence-corrected chi connectivity index (χ0v) is 12.1. The maximum atomic E-state index is 10.4. The van der Waals surface area contributed by atoms with Gasteiger partial charge in [0.25, 0.3) is 0 Å². The monoisotopic (exact) mass is 262 g/mol. The second-order valence-corrected chi connectivity index (χ2v) is 4.85. The van der Waals surface area contributed by atoms with Crippen molar-refractivity contribution in [3.63, 3.8) is 0 Å². The molecular weight excluding hydrogens is 240 g/mol. The molecule has 0 bridgehead atoms. The fourth-order valence-electron chi connectivity index (χ4n) is 2.37. The summed E-state index contributed by atoms with van der Waals surface area (Å²) >= 11 is 0. The molecule has 2 aromatic rings. The molecule has 0 aliphatic heterocycles. The molecule has 5 nitrogen and oxygen atoms in total. The molecular formula is C14H22N4O. The Morgan fingerprint density at radius 2 is 2.00 bits per heavy atom. The molecule has 0 spiro atoms. The van der Waals surface area contributed by atoms with E-state index >= 15 is 0 Å². The third-order valence-corrected chi connectivity index (χ3v) is 3.36. The Hall–Kier alpha value is -1.62. The van der Waals surface area contributed by atoms with Crippen LogP contribution in [0.2, 0.25) is 0 Å². The molecule has 0 saturated carbocycles. The van der Waals surface area contributed by atoms with Gasteiger partial charge in [-0.25, -0.2) is 0 Å². The van der Waals surface area contributed by atoms with Crippen LogP contribution in [0.1, 0.15) is 42.7 Å². The van der Waals surface area contributed by atoms with Crippen molar-refractivity contribution in [3.05, 3.63) is 34.9 Å². The van der Waals surface area contributed by atoms with Crippen molar-refractivity contribution >= 4 is 0 Å². The van der Waals surface area contributed by atoms with Crippen LogP contribution in [0.5, 0.6) is 0 Å². The van der Waals surface area contributed by atoms with Gasteiger partial charge in [-0.3, -0.25) is 9.36 Å². The van der Waals surface area contributed by atoms with Crippen molar-refractivity contribution in [1.29, 1.82) is 0 Å². The number of hydrogen-bond acceptors (Lipinski definition) is 3. The summed E-state index contributed by atoms with van der Waals surface area (Å²) in [5.41, 5.74) is 3.92. The lowest BCUT2D eigenvalue weighted by molar-refractivity contribution is 0.165. The molecule has 1 N–H and O–H groups in total.